The van der Waals surface area contributed by atoms with E-state index in [1.807, 2.05) is 11.9 Å². The average molecular weight is 495 g/mol. The van der Waals surface area contributed by atoms with E-state index in [0.29, 0.717) is 41.2 Å². The van der Waals surface area contributed by atoms with Crippen molar-refractivity contribution in [1.82, 2.24) is 4.90 Å². The summed E-state index contributed by atoms with van der Waals surface area (Å²) in [5.74, 6) is 0.715. The van der Waals surface area contributed by atoms with Crippen LogP contribution in [0.15, 0.2) is 12.1 Å². The fourth-order valence-corrected chi connectivity index (χ4v) is 5.00. The largest absolute Gasteiger partial charge is 0.493 e. The van der Waals surface area contributed by atoms with Gasteiger partial charge in [-0.25, -0.2) is 4.79 Å². The predicted molar refractivity (Wildman–Crippen MR) is 120 cm³/mol. The Kier molecular flexibility index (Phi) is 6.09. The standard InChI is InChI=1S/C22H22N2O9.ClH/c1-23-8-7-10-13(19(30-4)21-20(31-9-32-21)15(10)24(26)27)16(23)17-11-5-6-12(28-2)18(29-3)14(11)22(25)33-17;/h5-6,16-17H,7-9H2,1-4H3;1H/t16?,17-;/m0./s1. The molecule has 2 atom stereocenters. The highest BCUT2D eigenvalue weighted by atomic mass is 35.5. The number of methoxy groups -OCH3 is 3. The van der Waals surface area contributed by atoms with Crippen LogP contribution < -0.4 is 23.7 Å². The Hall–Kier alpha value is -3.44. The lowest BCUT2D eigenvalue weighted by molar-refractivity contribution is -0.386. The summed E-state index contributed by atoms with van der Waals surface area (Å²) < 4.78 is 33.3. The van der Waals surface area contributed by atoms with Gasteiger partial charge in [-0.1, -0.05) is 6.07 Å². The van der Waals surface area contributed by atoms with Crippen molar-refractivity contribution < 1.29 is 38.1 Å². The second kappa shape index (κ2) is 8.73. The maximum Gasteiger partial charge on any atom is 0.343 e. The van der Waals surface area contributed by atoms with E-state index in [1.54, 1.807) is 12.1 Å². The molecule has 0 bridgehead atoms. The van der Waals surface area contributed by atoms with Gasteiger partial charge in [0.1, 0.15) is 11.7 Å². The molecule has 1 unspecified atom stereocenters. The molecular weight excluding hydrogens is 472 g/mol. The third-order valence-electron chi connectivity index (χ3n) is 6.37. The number of likely N-dealkylation sites (N-methyl/N-ethyl adjacent to an activating group) is 1. The first-order valence-electron chi connectivity index (χ1n) is 10.3. The monoisotopic (exact) mass is 494 g/mol. The molecule has 3 heterocycles. The molecule has 0 saturated carbocycles. The van der Waals surface area contributed by atoms with Crippen LogP contribution in [-0.2, 0) is 11.2 Å². The molecule has 34 heavy (non-hydrogen) atoms. The van der Waals surface area contributed by atoms with Gasteiger partial charge >= 0.3 is 11.7 Å². The van der Waals surface area contributed by atoms with Gasteiger partial charge in [-0.2, -0.15) is 0 Å². The van der Waals surface area contributed by atoms with Crippen molar-refractivity contribution in [2.75, 3.05) is 41.7 Å². The number of hydrogen-bond acceptors (Lipinski definition) is 10. The highest BCUT2D eigenvalue weighted by molar-refractivity contribution is 5.98. The number of nitro groups is 1. The molecule has 12 heteroatoms. The summed E-state index contributed by atoms with van der Waals surface area (Å²) in [6.45, 7) is 0.353. The number of rotatable bonds is 5. The van der Waals surface area contributed by atoms with Crippen molar-refractivity contribution in [1.29, 1.82) is 0 Å². The van der Waals surface area contributed by atoms with E-state index in [-0.39, 0.29) is 47.7 Å². The summed E-state index contributed by atoms with van der Waals surface area (Å²) in [7, 11) is 6.28. The van der Waals surface area contributed by atoms with Crippen LogP contribution in [0, 0.1) is 10.1 Å². The van der Waals surface area contributed by atoms with Crippen molar-refractivity contribution in [3.05, 3.63) is 44.5 Å². The van der Waals surface area contributed by atoms with Crippen molar-refractivity contribution in [3.63, 3.8) is 0 Å². The van der Waals surface area contributed by atoms with Gasteiger partial charge in [-0.15, -0.1) is 12.4 Å². The quantitative estimate of drug-likeness (QED) is 0.348. The molecule has 3 aliphatic heterocycles. The van der Waals surface area contributed by atoms with E-state index in [9.17, 15) is 14.9 Å². The number of hydrogen-bond donors (Lipinski definition) is 0. The van der Waals surface area contributed by atoms with Crippen molar-refractivity contribution in [2.24, 2.45) is 0 Å². The van der Waals surface area contributed by atoms with Crippen LogP contribution in [0.1, 0.15) is 39.2 Å². The normalized spacial score (nSPS) is 20.1. The van der Waals surface area contributed by atoms with Crippen molar-refractivity contribution in [3.8, 4) is 28.7 Å². The lowest BCUT2D eigenvalue weighted by Gasteiger charge is -2.38. The number of cyclic esters (lactones) is 1. The molecule has 0 N–H and O–H groups in total. The Labute approximate surface area is 201 Å². The summed E-state index contributed by atoms with van der Waals surface area (Å²) in [5, 5.41) is 12.0. The number of halogens is 1. The van der Waals surface area contributed by atoms with Crippen LogP contribution in [0.25, 0.3) is 0 Å². The number of nitro benzene ring substituents is 1. The van der Waals surface area contributed by atoms with E-state index in [4.69, 9.17) is 28.4 Å². The minimum absolute atomic E-state index is 0. The summed E-state index contributed by atoms with van der Waals surface area (Å²) in [6, 6.07) is 2.89. The van der Waals surface area contributed by atoms with Gasteiger partial charge in [-0.05, 0) is 19.5 Å². The van der Waals surface area contributed by atoms with Crippen molar-refractivity contribution >= 4 is 24.1 Å². The third kappa shape index (κ3) is 3.18. The fourth-order valence-electron chi connectivity index (χ4n) is 5.00. The first-order valence-corrected chi connectivity index (χ1v) is 10.3. The summed E-state index contributed by atoms with van der Waals surface area (Å²) in [6.07, 6.45) is -0.365. The Morgan fingerprint density at radius 3 is 2.44 bits per heavy atom. The summed E-state index contributed by atoms with van der Waals surface area (Å²) in [4.78, 5) is 26.5. The molecule has 0 saturated heterocycles. The molecular formula is C22H23ClN2O9. The molecule has 0 aromatic heterocycles. The first-order chi connectivity index (χ1) is 15.9. The van der Waals surface area contributed by atoms with Gasteiger partial charge in [0.15, 0.2) is 17.2 Å². The maximum absolute atomic E-state index is 12.9. The van der Waals surface area contributed by atoms with E-state index in [1.165, 1.54) is 21.3 Å². The average Bonchev–Trinajstić information content (AvgIpc) is 3.41. The molecule has 0 fully saturated rings. The maximum atomic E-state index is 12.9. The number of benzene rings is 2. The molecule has 11 nitrogen and oxygen atoms in total. The predicted octanol–water partition coefficient (Wildman–Crippen LogP) is 3.21. The SMILES string of the molecule is COc1ccc2c(c1OC)C(=O)O[C@@H]2C1c2c(c([N+](=O)[O-])c3c(c2OC)OCO3)CCN1C.Cl. The Balaban J connectivity index is 0.00000274. The van der Waals surface area contributed by atoms with Gasteiger partial charge in [0.05, 0.1) is 32.3 Å². The van der Waals surface area contributed by atoms with E-state index < -0.39 is 23.0 Å². The molecule has 5 rings (SSSR count). The Bertz CT molecular complexity index is 1190. The number of esters is 1. The molecule has 0 aliphatic carbocycles. The van der Waals surface area contributed by atoms with E-state index in [0.717, 1.165) is 0 Å². The molecule has 182 valence electrons. The van der Waals surface area contributed by atoms with Crippen LogP contribution in [0.5, 0.6) is 28.7 Å². The van der Waals surface area contributed by atoms with Crippen molar-refractivity contribution in [2.45, 2.75) is 18.6 Å². The van der Waals surface area contributed by atoms with Crippen LogP contribution in [0.2, 0.25) is 0 Å². The molecule has 2 aromatic rings. The first kappa shape index (κ1) is 23.7. The zero-order chi connectivity index (χ0) is 23.4. The third-order valence-corrected chi connectivity index (χ3v) is 6.37. The molecule has 0 radical (unpaired) electrons. The van der Waals surface area contributed by atoms with E-state index >= 15 is 0 Å². The van der Waals surface area contributed by atoms with Gasteiger partial charge in [0, 0.05) is 23.2 Å². The number of fused-ring (bicyclic) bond motifs is 3. The number of carbonyl (C=O) groups is 1. The summed E-state index contributed by atoms with van der Waals surface area (Å²) in [5.41, 5.74) is 1.76. The lowest BCUT2D eigenvalue weighted by atomic mass is 9.84. The summed E-state index contributed by atoms with van der Waals surface area (Å²) >= 11 is 0. The molecule has 0 amide bonds. The topological polar surface area (TPSA) is 119 Å². The second-order valence-electron chi connectivity index (χ2n) is 7.86. The lowest BCUT2D eigenvalue weighted by Crippen LogP contribution is -2.36. The van der Waals surface area contributed by atoms with Gasteiger partial charge in [0.25, 0.3) is 0 Å². The fraction of sp³-hybridized carbons (Fsp3) is 0.409. The number of ether oxygens (including phenoxy) is 6. The smallest absolute Gasteiger partial charge is 0.343 e. The van der Waals surface area contributed by atoms with Crippen LogP contribution in [0.3, 0.4) is 0 Å². The van der Waals surface area contributed by atoms with E-state index in [2.05, 4.69) is 0 Å². The zero-order valence-electron chi connectivity index (χ0n) is 18.9. The highest BCUT2D eigenvalue weighted by Gasteiger charge is 2.49. The van der Waals surface area contributed by atoms with Gasteiger partial charge in [-0.3, -0.25) is 15.0 Å². The minimum atomic E-state index is -0.759. The van der Waals surface area contributed by atoms with Crippen LogP contribution in [-0.4, -0.2) is 57.5 Å². The second-order valence-corrected chi connectivity index (χ2v) is 7.86. The zero-order valence-corrected chi connectivity index (χ0v) is 19.7. The number of nitrogens with zero attached hydrogens (tertiary/aromatic N) is 2. The minimum Gasteiger partial charge on any atom is -0.493 e. The Morgan fingerprint density at radius 2 is 1.79 bits per heavy atom. The molecule has 2 aromatic carbocycles. The van der Waals surface area contributed by atoms with Gasteiger partial charge < -0.3 is 28.4 Å². The van der Waals surface area contributed by atoms with Crippen LogP contribution >= 0.6 is 12.4 Å². The molecule has 3 aliphatic rings. The highest BCUT2D eigenvalue weighted by Crippen LogP contribution is 2.58. The molecule has 0 spiro atoms. The van der Waals surface area contributed by atoms with Crippen LogP contribution in [0.4, 0.5) is 5.69 Å². The number of carbonyl (C=O) groups excluding carboxylic acids is 1. The van der Waals surface area contributed by atoms with Gasteiger partial charge in [0.2, 0.25) is 18.3 Å². The Morgan fingerprint density at radius 1 is 1.09 bits per heavy atom.